The maximum atomic E-state index is 10.7. The first-order valence-electron chi connectivity index (χ1n) is 6.95. The summed E-state index contributed by atoms with van der Waals surface area (Å²) in [5.74, 6) is 0.00381. The predicted octanol–water partition coefficient (Wildman–Crippen LogP) is 3.23. The number of amides is 1. The molecule has 2 aromatic rings. The van der Waals surface area contributed by atoms with Gasteiger partial charge in [0, 0.05) is 31.6 Å². The van der Waals surface area contributed by atoms with Crippen LogP contribution in [0.3, 0.4) is 0 Å². The van der Waals surface area contributed by atoms with Crippen LogP contribution in [0.1, 0.15) is 12.5 Å². The van der Waals surface area contributed by atoms with Crippen molar-refractivity contribution in [2.75, 3.05) is 13.1 Å². The lowest BCUT2D eigenvalue weighted by Gasteiger charge is -2.07. The number of hydrogen-bond acceptors (Lipinski definition) is 2. The molecule has 0 bridgehead atoms. The number of rotatable bonds is 6. The molecule has 0 aliphatic heterocycles. The van der Waals surface area contributed by atoms with Crippen LogP contribution in [0.15, 0.2) is 48.5 Å². The van der Waals surface area contributed by atoms with Crippen molar-refractivity contribution in [3.8, 4) is 11.1 Å². The second-order valence-electron chi connectivity index (χ2n) is 4.86. The summed E-state index contributed by atoms with van der Waals surface area (Å²) in [7, 11) is 0. The van der Waals surface area contributed by atoms with E-state index in [0.717, 1.165) is 23.7 Å². The van der Waals surface area contributed by atoms with Gasteiger partial charge < -0.3 is 10.6 Å². The Bertz CT molecular complexity index is 579. The van der Waals surface area contributed by atoms with Crippen LogP contribution in [-0.2, 0) is 11.3 Å². The normalized spacial score (nSPS) is 10.4. The van der Waals surface area contributed by atoms with E-state index in [1.165, 1.54) is 18.1 Å². The molecule has 0 saturated carbocycles. The van der Waals surface area contributed by atoms with E-state index in [2.05, 4.69) is 34.9 Å². The molecule has 1 amide bonds. The number of hydrogen-bond donors (Lipinski definition) is 2. The minimum absolute atomic E-state index is 0.00381. The third-order valence-corrected chi connectivity index (χ3v) is 3.39. The zero-order valence-corrected chi connectivity index (χ0v) is 12.8. The molecule has 0 fully saturated rings. The molecule has 110 valence electrons. The molecule has 4 heteroatoms. The Labute approximate surface area is 130 Å². The molecule has 0 heterocycles. The molecule has 0 aromatic heterocycles. The van der Waals surface area contributed by atoms with E-state index in [4.69, 9.17) is 11.6 Å². The monoisotopic (exact) mass is 302 g/mol. The summed E-state index contributed by atoms with van der Waals surface area (Å²) in [6.07, 6.45) is 0. The molecule has 2 rings (SSSR count). The third kappa shape index (κ3) is 5.21. The quantitative estimate of drug-likeness (QED) is 0.804. The number of carbonyl (C=O) groups is 1. The van der Waals surface area contributed by atoms with Gasteiger partial charge in [-0.2, -0.15) is 0 Å². The van der Waals surface area contributed by atoms with Gasteiger partial charge in [0.1, 0.15) is 0 Å². The Morgan fingerprint density at radius 3 is 2.10 bits per heavy atom. The number of carbonyl (C=O) groups excluding carboxylic acids is 1. The van der Waals surface area contributed by atoms with Crippen LogP contribution in [-0.4, -0.2) is 19.0 Å². The first kappa shape index (κ1) is 15.5. The summed E-state index contributed by atoms with van der Waals surface area (Å²) in [5, 5.41) is 6.80. The topological polar surface area (TPSA) is 41.1 Å². The van der Waals surface area contributed by atoms with Crippen molar-refractivity contribution >= 4 is 17.5 Å². The standard InChI is InChI=1S/C17H19ClN2O/c1-13(21)20-11-10-19-12-14-2-4-15(5-3-14)16-6-8-17(18)9-7-16/h2-9,19H,10-12H2,1H3,(H,20,21). The Balaban J connectivity index is 1.84. The summed E-state index contributed by atoms with van der Waals surface area (Å²) in [4.78, 5) is 10.7. The molecule has 0 unspecified atom stereocenters. The van der Waals surface area contributed by atoms with Gasteiger partial charge in [0.15, 0.2) is 0 Å². The fraction of sp³-hybridized carbons (Fsp3) is 0.235. The molecule has 0 saturated heterocycles. The van der Waals surface area contributed by atoms with E-state index in [1.807, 2.05) is 24.3 Å². The average Bonchev–Trinajstić information content (AvgIpc) is 2.48. The van der Waals surface area contributed by atoms with Crippen LogP contribution in [0, 0.1) is 0 Å². The molecule has 2 aromatic carbocycles. The summed E-state index contributed by atoms with van der Waals surface area (Å²) in [6.45, 7) is 3.73. The van der Waals surface area contributed by atoms with Crippen molar-refractivity contribution in [1.29, 1.82) is 0 Å². The zero-order valence-electron chi connectivity index (χ0n) is 12.0. The van der Waals surface area contributed by atoms with Gasteiger partial charge in [-0.3, -0.25) is 4.79 Å². The van der Waals surface area contributed by atoms with Crippen molar-refractivity contribution in [2.45, 2.75) is 13.5 Å². The minimum Gasteiger partial charge on any atom is -0.355 e. The summed E-state index contributed by atoms with van der Waals surface area (Å²) < 4.78 is 0. The highest BCUT2D eigenvalue weighted by Crippen LogP contribution is 2.21. The summed E-state index contributed by atoms with van der Waals surface area (Å²) in [5.41, 5.74) is 3.55. The molecule has 0 spiro atoms. The second-order valence-corrected chi connectivity index (χ2v) is 5.30. The van der Waals surface area contributed by atoms with Gasteiger partial charge in [-0.25, -0.2) is 0 Å². The molecular weight excluding hydrogens is 284 g/mol. The third-order valence-electron chi connectivity index (χ3n) is 3.14. The molecule has 0 radical (unpaired) electrons. The highest BCUT2D eigenvalue weighted by atomic mass is 35.5. The van der Waals surface area contributed by atoms with Crippen LogP contribution < -0.4 is 10.6 Å². The number of nitrogens with one attached hydrogen (secondary N) is 2. The van der Waals surface area contributed by atoms with E-state index in [1.54, 1.807) is 0 Å². The van der Waals surface area contributed by atoms with Crippen molar-refractivity contribution in [3.63, 3.8) is 0 Å². The minimum atomic E-state index is 0.00381. The molecule has 0 atom stereocenters. The Kier molecular flexibility index (Phi) is 5.78. The van der Waals surface area contributed by atoms with E-state index >= 15 is 0 Å². The first-order valence-corrected chi connectivity index (χ1v) is 7.33. The smallest absolute Gasteiger partial charge is 0.216 e. The van der Waals surface area contributed by atoms with Crippen molar-refractivity contribution in [2.24, 2.45) is 0 Å². The lowest BCUT2D eigenvalue weighted by molar-refractivity contribution is -0.118. The number of halogens is 1. The predicted molar refractivity (Wildman–Crippen MR) is 87.3 cm³/mol. The van der Waals surface area contributed by atoms with Gasteiger partial charge in [0.25, 0.3) is 0 Å². The van der Waals surface area contributed by atoms with Crippen LogP contribution >= 0.6 is 11.6 Å². The maximum absolute atomic E-state index is 10.7. The highest BCUT2D eigenvalue weighted by Gasteiger charge is 1.98. The summed E-state index contributed by atoms with van der Waals surface area (Å²) >= 11 is 5.89. The van der Waals surface area contributed by atoms with Gasteiger partial charge in [-0.15, -0.1) is 0 Å². The van der Waals surface area contributed by atoms with Gasteiger partial charge in [-0.1, -0.05) is 48.0 Å². The second kappa shape index (κ2) is 7.81. The lowest BCUT2D eigenvalue weighted by atomic mass is 10.0. The van der Waals surface area contributed by atoms with Crippen LogP contribution in [0.25, 0.3) is 11.1 Å². The van der Waals surface area contributed by atoms with Gasteiger partial charge in [-0.05, 0) is 28.8 Å². The Morgan fingerprint density at radius 2 is 1.52 bits per heavy atom. The average molecular weight is 303 g/mol. The van der Waals surface area contributed by atoms with E-state index < -0.39 is 0 Å². The SMILES string of the molecule is CC(=O)NCCNCc1ccc(-c2ccc(Cl)cc2)cc1. The van der Waals surface area contributed by atoms with Crippen molar-refractivity contribution in [1.82, 2.24) is 10.6 Å². The van der Waals surface area contributed by atoms with Crippen LogP contribution in [0.5, 0.6) is 0 Å². The highest BCUT2D eigenvalue weighted by molar-refractivity contribution is 6.30. The van der Waals surface area contributed by atoms with E-state index in [-0.39, 0.29) is 5.91 Å². The number of benzene rings is 2. The van der Waals surface area contributed by atoms with Gasteiger partial charge in [0.05, 0.1) is 0 Å². The lowest BCUT2D eigenvalue weighted by Crippen LogP contribution is -2.29. The Hall–Kier alpha value is -1.84. The van der Waals surface area contributed by atoms with Crippen molar-refractivity contribution < 1.29 is 4.79 Å². The van der Waals surface area contributed by atoms with Crippen molar-refractivity contribution in [3.05, 3.63) is 59.1 Å². The van der Waals surface area contributed by atoms with Gasteiger partial charge >= 0.3 is 0 Å². The zero-order chi connectivity index (χ0) is 15.1. The van der Waals surface area contributed by atoms with Gasteiger partial charge in [0.2, 0.25) is 5.91 Å². The molecule has 2 N–H and O–H groups in total. The van der Waals surface area contributed by atoms with E-state index in [0.29, 0.717) is 6.54 Å². The van der Waals surface area contributed by atoms with E-state index in [9.17, 15) is 4.79 Å². The van der Waals surface area contributed by atoms with Crippen LogP contribution in [0.2, 0.25) is 5.02 Å². The molecular formula is C17H19ClN2O. The molecule has 3 nitrogen and oxygen atoms in total. The molecule has 0 aliphatic carbocycles. The van der Waals surface area contributed by atoms with Crippen LogP contribution in [0.4, 0.5) is 0 Å². The fourth-order valence-electron chi connectivity index (χ4n) is 2.02. The molecule has 21 heavy (non-hydrogen) atoms. The first-order chi connectivity index (χ1) is 10.1. The Morgan fingerprint density at radius 1 is 0.952 bits per heavy atom. The largest absolute Gasteiger partial charge is 0.355 e. The maximum Gasteiger partial charge on any atom is 0.216 e. The summed E-state index contributed by atoms with van der Waals surface area (Å²) in [6, 6.07) is 16.3. The molecule has 0 aliphatic rings. The fourth-order valence-corrected chi connectivity index (χ4v) is 2.14.